The highest BCUT2D eigenvalue weighted by Gasteiger charge is 2.60. The van der Waals surface area contributed by atoms with Gasteiger partial charge in [-0.15, -0.1) is 11.8 Å². The lowest BCUT2D eigenvalue weighted by Crippen LogP contribution is -2.63. The van der Waals surface area contributed by atoms with Crippen LogP contribution in [0, 0.1) is 17.8 Å². The molecule has 2 saturated heterocycles. The predicted molar refractivity (Wildman–Crippen MR) is 107 cm³/mol. The number of β-lactam (4-membered cyclic amide) rings is 1. The molecule has 28 heavy (non-hydrogen) atoms. The summed E-state index contributed by atoms with van der Waals surface area (Å²) in [5, 5.41) is 26.2. The molecule has 3 rings (SSSR count). The number of nitrogens with one attached hydrogen (secondary N) is 2. The fourth-order valence-electron chi connectivity index (χ4n) is 4.61. The molecule has 158 valence electrons. The van der Waals surface area contributed by atoms with Crippen LogP contribution < -0.4 is 10.6 Å². The molecule has 3 heterocycles. The minimum absolute atomic E-state index is 0.0579. The Morgan fingerprint density at radius 2 is 2.18 bits per heavy atom. The summed E-state index contributed by atoms with van der Waals surface area (Å²) in [6.45, 7) is 7.66. The Balaban J connectivity index is 1.72. The molecule has 0 aromatic rings. The minimum Gasteiger partial charge on any atom is -0.449 e. The highest BCUT2D eigenvalue weighted by Crippen LogP contribution is 2.52. The highest BCUT2D eigenvalue weighted by molar-refractivity contribution is 8.03. The first-order chi connectivity index (χ1) is 13.3. The van der Waals surface area contributed by atoms with Crippen LogP contribution in [0.1, 0.15) is 33.6 Å². The van der Waals surface area contributed by atoms with Crippen LogP contribution in [0.5, 0.6) is 0 Å². The molecule has 2 fully saturated rings. The molecule has 0 aliphatic carbocycles. The van der Waals surface area contributed by atoms with Crippen LogP contribution >= 0.6 is 11.8 Å². The molecule has 9 heteroatoms. The second-order valence-corrected chi connectivity index (χ2v) is 9.49. The van der Waals surface area contributed by atoms with Gasteiger partial charge in [0.2, 0.25) is 11.8 Å². The SMILES string of the molecule is CNCCC(C)[C@H]1C[C@H](SC2=C(OC(=O)O)N3C(=O)[C@H]([C@@H](C)O)[C@@H]3[C@H]2C)CN1. The Labute approximate surface area is 170 Å². The average Bonchev–Trinajstić information content (AvgIpc) is 3.16. The smallest absolute Gasteiger partial charge is 0.449 e. The molecular weight excluding hydrogens is 382 g/mol. The average molecular weight is 414 g/mol. The van der Waals surface area contributed by atoms with Crippen LogP contribution in [0.3, 0.4) is 0 Å². The van der Waals surface area contributed by atoms with Crippen LogP contribution in [0.15, 0.2) is 10.8 Å². The largest absolute Gasteiger partial charge is 0.512 e. The lowest BCUT2D eigenvalue weighted by Gasteiger charge is -2.45. The Morgan fingerprint density at radius 1 is 1.46 bits per heavy atom. The molecule has 1 unspecified atom stereocenters. The molecule has 0 spiro atoms. The van der Waals surface area contributed by atoms with E-state index < -0.39 is 18.2 Å². The second-order valence-electron chi connectivity index (χ2n) is 8.15. The maximum atomic E-state index is 12.5. The summed E-state index contributed by atoms with van der Waals surface area (Å²) in [6, 6.07) is 0.194. The van der Waals surface area contributed by atoms with Crippen LogP contribution in [0.4, 0.5) is 4.79 Å². The first-order valence-corrected chi connectivity index (χ1v) is 10.8. The summed E-state index contributed by atoms with van der Waals surface area (Å²) in [5.74, 6) is -0.136. The van der Waals surface area contributed by atoms with Gasteiger partial charge in [0.15, 0.2) is 0 Å². The van der Waals surface area contributed by atoms with Gasteiger partial charge in [-0.05, 0) is 39.3 Å². The number of hydrogen-bond acceptors (Lipinski definition) is 7. The summed E-state index contributed by atoms with van der Waals surface area (Å²) < 4.78 is 5.03. The first kappa shape index (κ1) is 21.4. The predicted octanol–water partition coefficient (Wildman–Crippen LogP) is 1.42. The van der Waals surface area contributed by atoms with Gasteiger partial charge in [-0.1, -0.05) is 13.8 Å². The first-order valence-electron chi connectivity index (χ1n) is 9.97. The Morgan fingerprint density at radius 3 is 2.79 bits per heavy atom. The van der Waals surface area contributed by atoms with E-state index >= 15 is 0 Å². The second kappa shape index (κ2) is 8.61. The van der Waals surface area contributed by atoms with Crippen molar-refractivity contribution in [2.45, 2.75) is 57.1 Å². The van der Waals surface area contributed by atoms with E-state index in [2.05, 4.69) is 17.6 Å². The van der Waals surface area contributed by atoms with E-state index in [9.17, 15) is 14.7 Å². The van der Waals surface area contributed by atoms with Crippen molar-refractivity contribution in [2.24, 2.45) is 17.8 Å². The van der Waals surface area contributed by atoms with Crippen molar-refractivity contribution in [3.8, 4) is 0 Å². The Kier molecular flexibility index (Phi) is 6.58. The van der Waals surface area contributed by atoms with E-state index in [1.165, 1.54) is 4.90 Å². The topological polar surface area (TPSA) is 111 Å². The molecule has 0 bridgehead atoms. The number of carbonyl (C=O) groups is 2. The Hall–Kier alpha value is -1.29. The van der Waals surface area contributed by atoms with Crippen LogP contribution in [0.25, 0.3) is 0 Å². The molecule has 4 N–H and O–H groups in total. The fourth-order valence-corrected chi connectivity index (χ4v) is 6.05. The molecule has 0 aromatic heterocycles. The number of hydrogen-bond donors (Lipinski definition) is 4. The van der Waals surface area contributed by atoms with Crippen molar-refractivity contribution in [1.29, 1.82) is 0 Å². The van der Waals surface area contributed by atoms with Crippen molar-refractivity contribution < 1.29 is 24.5 Å². The van der Waals surface area contributed by atoms with Gasteiger partial charge in [0.25, 0.3) is 0 Å². The van der Waals surface area contributed by atoms with Gasteiger partial charge in [0.1, 0.15) is 0 Å². The number of rotatable bonds is 8. The van der Waals surface area contributed by atoms with Gasteiger partial charge >= 0.3 is 6.16 Å². The molecule has 3 aliphatic rings. The van der Waals surface area contributed by atoms with Gasteiger partial charge < -0.3 is 25.6 Å². The summed E-state index contributed by atoms with van der Waals surface area (Å²) in [4.78, 5) is 25.9. The third-order valence-corrected chi connectivity index (χ3v) is 7.70. The number of fused-ring (bicyclic) bond motifs is 1. The van der Waals surface area contributed by atoms with Gasteiger partial charge in [-0.25, -0.2) is 4.79 Å². The van der Waals surface area contributed by atoms with Gasteiger partial charge in [0, 0.05) is 23.8 Å². The number of aliphatic hydroxyl groups is 1. The molecule has 7 atom stereocenters. The number of carbonyl (C=O) groups excluding carboxylic acids is 1. The molecule has 1 amide bonds. The number of nitrogens with zero attached hydrogens (tertiary/aromatic N) is 1. The van der Waals surface area contributed by atoms with E-state index in [4.69, 9.17) is 9.84 Å². The fraction of sp³-hybridized carbons (Fsp3) is 0.789. The zero-order valence-electron chi connectivity index (χ0n) is 16.8. The molecule has 0 radical (unpaired) electrons. The number of amides is 1. The number of thioether (sulfide) groups is 1. The lowest BCUT2D eigenvalue weighted by molar-refractivity contribution is -0.163. The van der Waals surface area contributed by atoms with Crippen molar-refractivity contribution in [3.63, 3.8) is 0 Å². The van der Waals surface area contributed by atoms with Gasteiger partial charge in [0.05, 0.1) is 23.0 Å². The van der Waals surface area contributed by atoms with Gasteiger partial charge in [-0.2, -0.15) is 0 Å². The number of aliphatic hydroxyl groups excluding tert-OH is 1. The van der Waals surface area contributed by atoms with Crippen molar-refractivity contribution in [3.05, 3.63) is 10.8 Å². The maximum Gasteiger partial charge on any atom is 0.512 e. The zero-order valence-corrected chi connectivity index (χ0v) is 17.7. The summed E-state index contributed by atoms with van der Waals surface area (Å²) in [5.41, 5.74) is 0. The molecule has 0 saturated carbocycles. The van der Waals surface area contributed by atoms with Crippen molar-refractivity contribution >= 4 is 23.8 Å². The quantitative estimate of drug-likeness (QED) is 0.349. The van der Waals surface area contributed by atoms with E-state index in [0.717, 1.165) is 30.8 Å². The monoisotopic (exact) mass is 413 g/mol. The lowest BCUT2D eigenvalue weighted by atomic mass is 9.79. The maximum absolute atomic E-state index is 12.5. The number of carboxylic acid groups (broad SMARTS) is 1. The standard InChI is InChI=1S/C19H31N3O5S/c1-9(5-6-20-4)13-7-12(8-21-13)28-16-10(2)15-14(11(3)23)17(24)22(15)18(16)27-19(25)26/h9-15,20-21,23H,5-8H2,1-4H3,(H,25,26)/t9?,10-,11-,12+,13-,14-,15+/m1/s1. The summed E-state index contributed by atoms with van der Waals surface area (Å²) in [6.07, 6.45) is -0.0993. The van der Waals surface area contributed by atoms with E-state index in [0.29, 0.717) is 17.2 Å². The highest BCUT2D eigenvalue weighted by atomic mass is 32.2. The van der Waals surface area contributed by atoms with E-state index in [1.807, 2.05) is 14.0 Å². The third kappa shape index (κ3) is 3.90. The van der Waals surface area contributed by atoms with Gasteiger partial charge in [-0.3, -0.25) is 9.69 Å². The molecular formula is C19H31N3O5S. The third-order valence-electron chi connectivity index (χ3n) is 6.20. The van der Waals surface area contributed by atoms with Crippen molar-refractivity contribution in [1.82, 2.24) is 15.5 Å². The summed E-state index contributed by atoms with van der Waals surface area (Å²) in [7, 11) is 1.96. The zero-order chi connectivity index (χ0) is 20.6. The molecule has 0 aromatic carbocycles. The number of ether oxygens (including phenoxy) is 1. The van der Waals surface area contributed by atoms with E-state index in [-0.39, 0.29) is 23.8 Å². The van der Waals surface area contributed by atoms with Crippen molar-refractivity contribution in [2.75, 3.05) is 20.1 Å². The van der Waals surface area contributed by atoms with Crippen LogP contribution in [-0.2, 0) is 9.53 Å². The van der Waals surface area contributed by atoms with E-state index in [1.54, 1.807) is 18.7 Å². The normalized spacial score (nSPS) is 34.2. The minimum atomic E-state index is -1.42. The molecule has 3 aliphatic heterocycles. The molecule has 8 nitrogen and oxygen atoms in total. The van der Waals surface area contributed by atoms with Crippen LogP contribution in [-0.4, -0.2) is 70.8 Å². The van der Waals surface area contributed by atoms with Crippen LogP contribution in [0.2, 0.25) is 0 Å². The Bertz CT molecular complexity index is 655. The summed E-state index contributed by atoms with van der Waals surface area (Å²) >= 11 is 1.62.